The Hall–Kier alpha value is -1.62. The molecule has 0 N–H and O–H groups in total. The summed E-state index contributed by atoms with van der Waals surface area (Å²) in [6.45, 7) is 1.94. The van der Waals surface area contributed by atoms with Gasteiger partial charge in [0.05, 0.1) is 5.52 Å². The van der Waals surface area contributed by atoms with Crippen LogP contribution in [0.3, 0.4) is 0 Å². The minimum Gasteiger partial charge on any atom is -0.489 e. The average molecular weight is 310 g/mol. The number of nitrogens with zero attached hydrogens (tertiary/aromatic N) is 1. The molecule has 0 atom stereocenters. The molecular formula is C13H12BrNO3. The molecule has 0 fully saturated rings. The molecule has 94 valence electrons. The Bertz CT molecular complexity index is 571. The van der Waals surface area contributed by atoms with Crippen molar-refractivity contribution >= 4 is 32.8 Å². The quantitative estimate of drug-likeness (QED) is 0.643. The monoisotopic (exact) mass is 309 g/mol. The molecule has 0 spiro atoms. The number of carbonyl (C=O) groups is 1. The van der Waals surface area contributed by atoms with Crippen LogP contribution in [0.4, 0.5) is 0 Å². The summed E-state index contributed by atoms with van der Waals surface area (Å²) < 4.78 is 11.4. The van der Waals surface area contributed by atoms with E-state index in [0.29, 0.717) is 6.61 Å². The molecule has 1 aromatic heterocycles. The largest absolute Gasteiger partial charge is 0.489 e. The molecule has 0 aliphatic heterocycles. The summed E-state index contributed by atoms with van der Waals surface area (Å²) in [6.07, 6.45) is 1.69. The Morgan fingerprint density at radius 1 is 1.33 bits per heavy atom. The molecule has 0 amide bonds. The Morgan fingerprint density at radius 3 is 2.94 bits per heavy atom. The first-order chi connectivity index (χ1) is 8.66. The zero-order chi connectivity index (χ0) is 13.0. The molecule has 0 radical (unpaired) electrons. The number of aromatic nitrogens is 1. The van der Waals surface area contributed by atoms with Crippen molar-refractivity contribution < 1.29 is 14.3 Å². The number of ether oxygens (including phenoxy) is 2. The minimum absolute atomic E-state index is 0.243. The van der Waals surface area contributed by atoms with Crippen molar-refractivity contribution in [1.29, 1.82) is 0 Å². The molecule has 2 aromatic rings. The Balaban J connectivity index is 2.12. The second-order valence-corrected chi connectivity index (χ2v) is 4.57. The number of benzene rings is 1. The van der Waals surface area contributed by atoms with Crippen molar-refractivity contribution in [2.24, 2.45) is 0 Å². The van der Waals surface area contributed by atoms with Crippen LogP contribution < -0.4 is 4.74 Å². The molecule has 4 nitrogen and oxygen atoms in total. The molecule has 0 aliphatic carbocycles. The molecule has 0 aliphatic rings. The number of carbonyl (C=O) groups excluding carboxylic acids is 1. The van der Waals surface area contributed by atoms with Crippen LogP contribution in [0, 0.1) is 0 Å². The zero-order valence-corrected chi connectivity index (χ0v) is 11.4. The molecule has 0 bridgehead atoms. The smallest absolute Gasteiger partial charge is 0.302 e. The van der Waals surface area contributed by atoms with Crippen LogP contribution in [0.15, 0.2) is 34.9 Å². The lowest BCUT2D eigenvalue weighted by Crippen LogP contribution is -2.09. The number of pyridine rings is 1. The SMILES string of the molecule is CC(=O)OCCOc1ccnc2ccc(Br)cc12. The number of rotatable bonds is 4. The van der Waals surface area contributed by atoms with E-state index in [9.17, 15) is 4.79 Å². The fraction of sp³-hybridized carbons (Fsp3) is 0.231. The van der Waals surface area contributed by atoms with Crippen molar-refractivity contribution in [3.63, 3.8) is 0 Å². The molecule has 5 heteroatoms. The van der Waals surface area contributed by atoms with E-state index in [4.69, 9.17) is 9.47 Å². The van der Waals surface area contributed by atoms with Crippen molar-refractivity contribution in [3.8, 4) is 5.75 Å². The molecule has 0 unspecified atom stereocenters. The van der Waals surface area contributed by atoms with Crippen LogP contribution in [0.2, 0.25) is 0 Å². The number of esters is 1. The van der Waals surface area contributed by atoms with Gasteiger partial charge < -0.3 is 9.47 Å². The van der Waals surface area contributed by atoms with Crippen LogP contribution in [0.25, 0.3) is 10.9 Å². The summed E-state index contributed by atoms with van der Waals surface area (Å²) in [5.41, 5.74) is 0.864. The maximum Gasteiger partial charge on any atom is 0.302 e. The average Bonchev–Trinajstić information content (AvgIpc) is 2.34. The van der Waals surface area contributed by atoms with Crippen LogP contribution >= 0.6 is 15.9 Å². The zero-order valence-electron chi connectivity index (χ0n) is 9.85. The topological polar surface area (TPSA) is 48.4 Å². The highest BCUT2D eigenvalue weighted by molar-refractivity contribution is 9.10. The fourth-order valence-electron chi connectivity index (χ4n) is 1.56. The van der Waals surface area contributed by atoms with Crippen molar-refractivity contribution in [1.82, 2.24) is 4.98 Å². The number of hydrogen-bond donors (Lipinski definition) is 0. The van der Waals surface area contributed by atoms with Gasteiger partial charge in [-0.3, -0.25) is 9.78 Å². The van der Waals surface area contributed by atoms with Crippen molar-refractivity contribution in [3.05, 3.63) is 34.9 Å². The lowest BCUT2D eigenvalue weighted by atomic mass is 10.2. The van der Waals surface area contributed by atoms with E-state index < -0.39 is 0 Å². The summed E-state index contributed by atoms with van der Waals surface area (Å²) in [6, 6.07) is 7.59. The first-order valence-electron chi connectivity index (χ1n) is 5.47. The molecule has 1 heterocycles. The van der Waals surface area contributed by atoms with Gasteiger partial charge in [0.15, 0.2) is 0 Å². The number of fused-ring (bicyclic) bond motifs is 1. The molecule has 1 aromatic carbocycles. The predicted octanol–water partition coefficient (Wildman–Crippen LogP) is 2.94. The molecular weight excluding hydrogens is 298 g/mol. The van der Waals surface area contributed by atoms with E-state index in [-0.39, 0.29) is 12.6 Å². The van der Waals surface area contributed by atoms with E-state index in [1.54, 1.807) is 12.3 Å². The third-order valence-electron chi connectivity index (χ3n) is 2.31. The lowest BCUT2D eigenvalue weighted by Gasteiger charge is -2.09. The standard InChI is InChI=1S/C13H12BrNO3/c1-9(16)17-6-7-18-13-4-5-15-12-3-2-10(14)8-11(12)13/h2-5,8H,6-7H2,1H3. The lowest BCUT2D eigenvalue weighted by molar-refractivity contribution is -0.141. The van der Waals surface area contributed by atoms with Gasteiger partial charge in [0.25, 0.3) is 0 Å². The van der Waals surface area contributed by atoms with Gasteiger partial charge in [-0.1, -0.05) is 15.9 Å². The number of hydrogen-bond acceptors (Lipinski definition) is 4. The first kappa shape index (κ1) is 12.8. The second kappa shape index (κ2) is 5.82. The van der Waals surface area contributed by atoms with Crippen LogP contribution in [0.1, 0.15) is 6.92 Å². The van der Waals surface area contributed by atoms with Gasteiger partial charge in [0.2, 0.25) is 0 Å². The van der Waals surface area contributed by atoms with E-state index in [0.717, 1.165) is 21.1 Å². The Morgan fingerprint density at radius 2 is 2.17 bits per heavy atom. The maximum absolute atomic E-state index is 10.6. The van der Waals surface area contributed by atoms with Crippen molar-refractivity contribution in [2.75, 3.05) is 13.2 Å². The minimum atomic E-state index is -0.305. The van der Waals surface area contributed by atoms with E-state index in [1.165, 1.54) is 6.92 Å². The van der Waals surface area contributed by atoms with Gasteiger partial charge in [0, 0.05) is 23.0 Å². The van der Waals surface area contributed by atoms with Crippen molar-refractivity contribution in [2.45, 2.75) is 6.92 Å². The highest BCUT2D eigenvalue weighted by Crippen LogP contribution is 2.26. The predicted molar refractivity (Wildman–Crippen MR) is 71.6 cm³/mol. The van der Waals surface area contributed by atoms with Gasteiger partial charge >= 0.3 is 5.97 Å². The van der Waals surface area contributed by atoms with Crippen LogP contribution in [-0.4, -0.2) is 24.2 Å². The van der Waals surface area contributed by atoms with E-state index in [1.807, 2.05) is 18.2 Å². The third-order valence-corrected chi connectivity index (χ3v) is 2.80. The Labute approximate surface area is 113 Å². The fourth-order valence-corrected chi connectivity index (χ4v) is 1.92. The highest BCUT2D eigenvalue weighted by Gasteiger charge is 2.04. The van der Waals surface area contributed by atoms with E-state index in [2.05, 4.69) is 20.9 Å². The number of halogens is 1. The van der Waals surface area contributed by atoms with Gasteiger partial charge in [-0.25, -0.2) is 0 Å². The maximum atomic E-state index is 10.6. The highest BCUT2D eigenvalue weighted by atomic mass is 79.9. The van der Waals surface area contributed by atoms with Gasteiger partial charge in [-0.2, -0.15) is 0 Å². The summed E-state index contributed by atoms with van der Waals surface area (Å²) >= 11 is 3.41. The summed E-state index contributed by atoms with van der Waals surface area (Å²) in [5.74, 6) is 0.425. The summed E-state index contributed by atoms with van der Waals surface area (Å²) in [4.78, 5) is 14.9. The molecule has 0 saturated carbocycles. The summed E-state index contributed by atoms with van der Waals surface area (Å²) in [7, 11) is 0. The third kappa shape index (κ3) is 3.20. The molecule has 18 heavy (non-hydrogen) atoms. The van der Waals surface area contributed by atoms with Gasteiger partial charge in [0.1, 0.15) is 19.0 Å². The Kier molecular flexibility index (Phi) is 4.15. The van der Waals surface area contributed by atoms with Gasteiger partial charge in [-0.05, 0) is 24.3 Å². The first-order valence-corrected chi connectivity index (χ1v) is 6.26. The van der Waals surface area contributed by atoms with E-state index >= 15 is 0 Å². The summed E-state index contributed by atoms with van der Waals surface area (Å²) in [5, 5.41) is 0.926. The normalized spacial score (nSPS) is 10.3. The van der Waals surface area contributed by atoms with Gasteiger partial charge in [-0.15, -0.1) is 0 Å². The second-order valence-electron chi connectivity index (χ2n) is 3.66. The van der Waals surface area contributed by atoms with Crippen LogP contribution in [0.5, 0.6) is 5.75 Å². The van der Waals surface area contributed by atoms with Crippen LogP contribution in [-0.2, 0) is 9.53 Å². The molecule has 0 saturated heterocycles. The molecule has 2 rings (SSSR count).